The van der Waals surface area contributed by atoms with Crippen LogP contribution in [0.25, 0.3) is 0 Å². The average Bonchev–Trinajstić information content (AvgIpc) is 2.34. The summed E-state index contributed by atoms with van der Waals surface area (Å²) in [6, 6.07) is 0. The fourth-order valence-corrected chi connectivity index (χ4v) is 1.63. The van der Waals surface area contributed by atoms with Gasteiger partial charge < -0.3 is 20.5 Å². The lowest BCUT2D eigenvalue weighted by Crippen LogP contribution is -2.29. The van der Waals surface area contributed by atoms with E-state index in [0.29, 0.717) is 0 Å². The number of nitrogens with two attached hydrogens (primary N) is 1. The Morgan fingerprint density at radius 1 is 1.56 bits per heavy atom. The van der Waals surface area contributed by atoms with E-state index in [2.05, 4.69) is 9.97 Å². The first-order valence-electron chi connectivity index (χ1n) is 4.84. The monoisotopic (exact) mass is 269 g/mol. The summed E-state index contributed by atoms with van der Waals surface area (Å²) in [5, 5.41) is 10.7. The third-order valence-corrected chi connectivity index (χ3v) is 2.60. The van der Waals surface area contributed by atoms with Crippen LogP contribution in [-0.4, -0.2) is 22.5 Å². The largest absolute Gasteiger partial charge is 0.545 e. The molecule has 0 saturated heterocycles. The van der Waals surface area contributed by atoms with Gasteiger partial charge in [0.1, 0.15) is 5.02 Å². The van der Waals surface area contributed by atoms with Crippen molar-refractivity contribution < 1.29 is 14.3 Å². The van der Waals surface area contributed by atoms with Gasteiger partial charge in [0.15, 0.2) is 11.6 Å². The van der Waals surface area contributed by atoms with Gasteiger partial charge in [-0.15, -0.1) is 0 Å². The summed E-state index contributed by atoms with van der Waals surface area (Å²) in [4.78, 5) is 18.8. The molecule has 1 aliphatic heterocycles. The highest BCUT2D eigenvalue weighted by molar-refractivity contribution is 6.35. The topological polar surface area (TPSA) is 95.2 Å². The molecular weight excluding hydrogens is 263 g/mol. The number of nitrogen functional groups attached to an aromatic ring is 1. The van der Waals surface area contributed by atoms with Gasteiger partial charge in [0, 0.05) is 18.3 Å². The first-order chi connectivity index (χ1) is 8.49. The van der Waals surface area contributed by atoms with E-state index in [0.717, 1.165) is 0 Å². The summed E-state index contributed by atoms with van der Waals surface area (Å²) in [5.74, 6) is -1.56. The molecule has 0 unspecified atom stereocenters. The van der Waals surface area contributed by atoms with Crippen LogP contribution in [0.1, 0.15) is 0 Å². The minimum atomic E-state index is -1.35. The minimum Gasteiger partial charge on any atom is -0.545 e. The molecule has 0 radical (unpaired) electrons. The average molecular weight is 270 g/mol. The van der Waals surface area contributed by atoms with Crippen molar-refractivity contribution in [3.8, 4) is 0 Å². The van der Waals surface area contributed by atoms with Gasteiger partial charge in [-0.05, 0) is 0 Å². The zero-order valence-corrected chi connectivity index (χ0v) is 9.69. The number of carbonyl (C=O) groups is 1. The molecule has 0 saturated carbocycles. The van der Waals surface area contributed by atoms with Gasteiger partial charge in [-0.3, -0.25) is 0 Å². The molecule has 94 valence electrons. The predicted molar refractivity (Wildman–Crippen MR) is 61.0 cm³/mol. The summed E-state index contributed by atoms with van der Waals surface area (Å²) >= 11 is 5.85. The van der Waals surface area contributed by atoms with Crippen molar-refractivity contribution in [1.82, 2.24) is 9.97 Å². The van der Waals surface area contributed by atoms with Crippen LogP contribution in [-0.2, 0) is 4.79 Å². The van der Waals surface area contributed by atoms with Gasteiger partial charge in [-0.2, -0.15) is 14.4 Å². The first kappa shape index (κ1) is 12.3. The number of carboxylic acid groups (broad SMARTS) is 1. The number of halogens is 2. The summed E-state index contributed by atoms with van der Waals surface area (Å²) in [7, 11) is 0. The molecule has 18 heavy (non-hydrogen) atoms. The maximum absolute atomic E-state index is 13.1. The molecule has 0 aliphatic carbocycles. The third-order valence-electron chi connectivity index (χ3n) is 2.23. The number of anilines is 2. The molecule has 2 rings (SSSR count). The van der Waals surface area contributed by atoms with Crippen LogP contribution in [0.15, 0.2) is 23.9 Å². The number of rotatable bonds is 2. The van der Waals surface area contributed by atoms with E-state index in [9.17, 15) is 14.3 Å². The number of carbonyl (C=O) groups excluding carboxylic acids is 1. The summed E-state index contributed by atoms with van der Waals surface area (Å²) in [5.41, 5.74) is 5.33. The number of nitrogens with zero attached hydrogens (tertiary/aromatic N) is 3. The Morgan fingerprint density at radius 2 is 2.28 bits per heavy atom. The highest BCUT2D eigenvalue weighted by Crippen LogP contribution is 2.29. The molecule has 8 heteroatoms. The van der Waals surface area contributed by atoms with E-state index in [1.165, 1.54) is 17.2 Å². The van der Waals surface area contributed by atoms with Crippen molar-refractivity contribution in [2.45, 2.75) is 0 Å². The maximum Gasteiger partial charge on any atom is 0.312 e. The second-order valence-corrected chi connectivity index (χ2v) is 3.82. The molecule has 2 heterocycles. The lowest BCUT2D eigenvalue weighted by molar-refractivity contribution is -0.298. The summed E-state index contributed by atoms with van der Waals surface area (Å²) < 4.78 is 13.1. The molecule has 1 aliphatic rings. The normalized spacial score (nSPS) is 14.6. The van der Waals surface area contributed by atoms with E-state index in [4.69, 9.17) is 17.3 Å². The van der Waals surface area contributed by atoms with Crippen molar-refractivity contribution in [3.05, 3.63) is 35.0 Å². The van der Waals surface area contributed by atoms with Gasteiger partial charge in [0.25, 0.3) is 0 Å². The second kappa shape index (κ2) is 4.61. The number of hydrogen-bond acceptors (Lipinski definition) is 6. The third kappa shape index (κ3) is 2.25. The lowest BCUT2D eigenvalue weighted by Gasteiger charge is -2.23. The van der Waals surface area contributed by atoms with Crippen LogP contribution in [0.5, 0.6) is 0 Å². The highest BCUT2D eigenvalue weighted by Gasteiger charge is 2.17. The Kier molecular flexibility index (Phi) is 3.15. The number of aliphatic carboxylic acids is 1. The molecule has 0 fully saturated rings. The molecule has 1 aromatic heterocycles. The van der Waals surface area contributed by atoms with Crippen LogP contribution in [0.4, 0.5) is 16.0 Å². The maximum atomic E-state index is 13.1. The quantitative estimate of drug-likeness (QED) is 0.751. The molecule has 2 N–H and O–H groups in total. The second-order valence-electron chi connectivity index (χ2n) is 3.44. The van der Waals surface area contributed by atoms with Gasteiger partial charge in [-0.25, -0.2) is 0 Å². The fraction of sp³-hybridized carbons (Fsp3) is 0.100. The lowest BCUT2D eigenvalue weighted by atomic mass is 10.2. The zero-order valence-electron chi connectivity index (χ0n) is 8.93. The van der Waals surface area contributed by atoms with Crippen molar-refractivity contribution >= 4 is 29.2 Å². The Morgan fingerprint density at radius 3 is 2.94 bits per heavy atom. The molecular formula is C10H7ClFN4O2-. The molecule has 0 aromatic carbocycles. The smallest absolute Gasteiger partial charge is 0.312 e. The standard InChI is InChI=1S/C10H8ClFN4O2/c11-6-7(13)14-10(12)15-8(6)16-3-1-2-5(4-16)9(17)18/h1-2,4H,3H2,(H,17,18)(H2,13,14,15)/p-1. The molecule has 0 spiro atoms. The first-order valence-corrected chi connectivity index (χ1v) is 5.21. The van der Waals surface area contributed by atoms with E-state index < -0.39 is 12.0 Å². The van der Waals surface area contributed by atoms with Crippen LogP contribution >= 0.6 is 11.6 Å². The van der Waals surface area contributed by atoms with Gasteiger partial charge in [-0.1, -0.05) is 23.8 Å². The van der Waals surface area contributed by atoms with Gasteiger partial charge >= 0.3 is 6.08 Å². The molecule has 0 bridgehead atoms. The van der Waals surface area contributed by atoms with Crippen LogP contribution in [0.2, 0.25) is 5.02 Å². The van der Waals surface area contributed by atoms with E-state index in [1.807, 2.05) is 0 Å². The van der Waals surface area contributed by atoms with Crippen LogP contribution in [0, 0.1) is 6.08 Å². The van der Waals surface area contributed by atoms with Crippen molar-refractivity contribution in [2.24, 2.45) is 0 Å². The summed E-state index contributed by atoms with van der Waals surface area (Å²) in [6.07, 6.45) is 3.13. The van der Waals surface area contributed by atoms with E-state index in [-0.39, 0.29) is 28.8 Å². The van der Waals surface area contributed by atoms with Crippen LogP contribution in [0.3, 0.4) is 0 Å². The predicted octanol–water partition coefficient (Wildman–Crippen LogP) is -0.139. The molecule has 0 amide bonds. The number of carboxylic acids is 1. The summed E-state index contributed by atoms with van der Waals surface area (Å²) in [6.45, 7) is 0.284. The Hall–Kier alpha value is -2.15. The number of hydrogen-bond donors (Lipinski definition) is 1. The number of aromatic nitrogens is 2. The van der Waals surface area contributed by atoms with E-state index >= 15 is 0 Å². The molecule has 0 atom stereocenters. The van der Waals surface area contributed by atoms with Gasteiger partial charge in [0.05, 0.1) is 5.97 Å². The van der Waals surface area contributed by atoms with E-state index in [1.54, 1.807) is 6.08 Å². The molecule has 6 nitrogen and oxygen atoms in total. The SMILES string of the molecule is Nc1nc(F)nc(N2C=C(C(=O)[O-])C=CC2)c1Cl. The fourth-order valence-electron chi connectivity index (χ4n) is 1.44. The van der Waals surface area contributed by atoms with Gasteiger partial charge in [0.2, 0.25) is 0 Å². The Balaban J connectivity index is 2.44. The molecule has 1 aromatic rings. The Bertz CT molecular complexity index is 573. The van der Waals surface area contributed by atoms with Crippen molar-refractivity contribution in [1.29, 1.82) is 0 Å². The van der Waals surface area contributed by atoms with Crippen LogP contribution < -0.4 is 15.7 Å². The zero-order chi connectivity index (χ0) is 13.3. The Labute approximate surface area is 106 Å². The highest BCUT2D eigenvalue weighted by atomic mass is 35.5. The van der Waals surface area contributed by atoms with Crippen molar-refractivity contribution in [3.63, 3.8) is 0 Å². The minimum absolute atomic E-state index is 0.00441. The van der Waals surface area contributed by atoms with Crippen molar-refractivity contribution in [2.75, 3.05) is 17.2 Å².